The number of ether oxygens (including phenoxy) is 2. The zero-order chi connectivity index (χ0) is 33.9. The number of aromatic nitrogens is 2. The van der Waals surface area contributed by atoms with Crippen LogP contribution in [-0.4, -0.2) is 47.2 Å². The number of amides is 3. The Morgan fingerprint density at radius 2 is 1.73 bits per heavy atom. The number of pyridine rings is 1. The molecule has 2 heterocycles. The van der Waals surface area contributed by atoms with E-state index in [1.165, 1.54) is 23.1 Å². The molecule has 12 heteroatoms. The molecular weight excluding hydrogens is 647 g/mol. The summed E-state index contributed by atoms with van der Waals surface area (Å²) in [6.07, 6.45) is 5.35. The van der Waals surface area contributed by atoms with Gasteiger partial charge in [-0.2, -0.15) is 0 Å². The highest BCUT2D eigenvalue weighted by Gasteiger charge is 2.21. The van der Waals surface area contributed by atoms with Crippen LogP contribution >= 0.6 is 23.1 Å². The fourth-order valence-corrected chi connectivity index (χ4v) is 6.28. The SMILES string of the molecule is CCC(Sc1cccc(NC(=O)/C(=C/c2cccnc2)NC(=O)c2ccccc2)c1)C(=O)Nc1nc(-c2ccc(OC)c(OC)c2)cs1. The maximum Gasteiger partial charge on any atom is 0.272 e. The van der Waals surface area contributed by atoms with E-state index in [1.807, 2.05) is 42.6 Å². The van der Waals surface area contributed by atoms with Crippen molar-refractivity contribution in [1.29, 1.82) is 0 Å². The minimum atomic E-state index is -0.510. The van der Waals surface area contributed by atoms with Gasteiger partial charge in [-0.25, -0.2) is 4.98 Å². The van der Waals surface area contributed by atoms with E-state index in [-0.39, 0.29) is 11.6 Å². The first kappa shape index (κ1) is 33.9. The topological polar surface area (TPSA) is 132 Å². The Balaban J connectivity index is 1.26. The molecule has 10 nitrogen and oxygen atoms in total. The number of hydrogen-bond donors (Lipinski definition) is 3. The summed E-state index contributed by atoms with van der Waals surface area (Å²) in [6.45, 7) is 1.94. The lowest BCUT2D eigenvalue weighted by molar-refractivity contribution is -0.116. The van der Waals surface area contributed by atoms with Gasteiger partial charge in [0.2, 0.25) is 5.91 Å². The molecule has 5 aromatic rings. The summed E-state index contributed by atoms with van der Waals surface area (Å²) in [4.78, 5) is 49.2. The summed E-state index contributed by atoms with van der Waals surface area (Å²) in [7, 11) is 3.15. The molecule has 0 bridgehead atoms. The molecule has 3 N–H and O–H groups in total. The van der Waals surface area contributed by atoms with E-state index >= 15 is 0 Å². The van der Waals surface area contributed by atoms with Gasteiger partial charge >= 0.3 is 0 Å². The summed E-state index contributed by atoms with van der Waals surface area (Å²) in [5.74, 6) is 0.0951. The number of hydrogen-bond acceptors (Lipinski definition) is 9. The normalized spacial score (nSPS) is 11.7. The number of anilines is 2. The van der Waals surface area contributed by atoms with Gasteiger partial charge in [-0.05, 0) is 72.7 Å². The average Bonchev–Trinajstić information content (AvgIpc) is 3.59. The highest BCUT2D eigenvalue weighted by molar-refractivity contribution is 8.00. The maximum atomic E-state index is 13.5. The smallest absolute Gasteiger partial charge is 0.272 e. The number of nitrogens with one attached hydrogen (secondary N) is 3. The van der Waals surface area contributed by atoms with E-state index in [1.54, 1.807) is 87.3 Å². The Kier molecular flexibility index (Phi) is 11.6. The number of rotatable bonds is 13. The highest BCUT2D eigenvalue weighted by Crippen LogP contribution is 2.34. The fraction of sp³-hybridized carbons (Fsp3) is 0.139. The molecule has 0 radical (unpaired) electrons. The molecule has 0 aliphatic carbocycles. The Morgan fingerprint density at radius 1 is 0.917 bits per heavy atom. The third kappa shape index (κ3) is 8.87. The second kappa shape index (κ2) is 16.4. The number of methoxy groups -OCH3 is 2. The quantitative estimate of drug-likeness (QED) is 0.0884. The van der Waals surface area contributed by atoms with Gasteiger partial charge in [-0.3, -0.25) is 19.4 Å². The first-order valence-electron chi connectivity index (χ1n) is 14.9. The van der Waals surface area contributed by atoms with Crippen molar-refractivity contribution in [1.82, 2.24) is 15.3 Å². The van der Waals surface area contributed by atoms with Crippen molar-refractivity contribution in [2.75, 3.05) is 24.9 Å². The van der Waals surface area contributed by atoms with Crippen molar-refractivity contribution in [3.63, 3.8) is 0 Å². The summed E-state index contributed by atoms with van der Waals surface area (Å²) < 4.78 is 10.7. The Labute approximate surface area is 286 Å². The number of carbonyl (C=O) groups is 3. The van der Waals surface area contributed by atoms with E-state index in [4.69, 9.17) is 9.47 Å². The van der Waals surface area contributed by atoms with Crippen LogP contribution in [0.15, 0.2) is 113 Å². The molecule has 0 saturated heterocycles. The lowest BCUT2D eigenvalue weighted by Crippen LogP contribution is -2.30. The van der Waals surface area contributed by atoms with Gasteiger partial charge in [-0.1, -0.05) is 37.3 Å². The number of nitrogens with zero attached hydrogens (tertiary/aromatic N) is 2. The van der Waals surface area contributed by atoms with E-state index in [0.29, 0.717) is 45.6 Å². The van der Waals surface area contributed by atoms with Crippen LogP contribution in [0.2, 0.25) is 0 Å². The number of thiazole rings is 1. The minimum Gasteiger partial charge on any atom is -0.493 e. The predicted molar refractivity (Wildman–Crippen MR) is 190 cm³/mol. The van der Waals surface area contributed by atoms with Crippen LogP contribution in [0.4, 0.5) is 10.8 Å². The van der Waals surface area contributed by atoms with Gasteiger partial charge in [0, 0.05) is 39.5 Å². The molecule has 5 rings (SSSR count). The monoisotopic (exact) mass is 679 g/mol. The lowest BCUT2D eigenvalue weighted by atomic mass is 10.1. The molecule has 3 amide bonds. The summed E-state index contributed by atoms with van der Waals surface area (Å²) in [5, 5.41) is 10.5. The van der Waals surface area contributed by atoms with Crippen molar-refractivity contribution in [2.24, 2.45) is 0 Å². The Morgan fingerprint density at radius 3 is 2.46 bits per heavy atom. The summed E-state index contributed by atoms with van der Waals surface area (Å²) in [6, 6.07) is 24.9. The van der Waals surface area contributed by atoms with E-state index < -0.39 is 17.1 Å². The van der Waals surface area contributed by atoms with Crippen LogP contribution in [-0.2, 0) is 9.59 Å². The summed E-state index contributed by atoms with van der Waals surface area (Å²) in [5.41, 5.74) is 3.16. The van der Waals surface area contributed by atoms with Crippen molar-refractivity contribution >= 4 is 57.7 Å². The van der Waals surface area contributed by atoms with Crippen LogP contribution in [0, 0.1) is 0 Å². The molecule has 244 valence electrons. The number of carbonyl (C=O) groups excluding carboxylic acids is 3. The number of thioether (sulfide) groups is 1. The van der Waals surface area contributed by atoms with E-state index in [9.17, 15) is 14.4 Å². The van der Waals surface area contributed by atoms with Crippen LogP contribution < -0.4 is 25.4 Å². The van der Waals surface area contributed by atoms with Gasteiger partial charge < -0.3 is 25.4 Å². The van der Waals surface area contributed by atoms with E-state index in [0.717, 1.165) is 10.5 Å². The first-order valence-corrected chi connectivity index (χ1v) is 16.7. The first-order chi connectivity index (χ1) is 23.4. The summed E-state index contributed by atoms with van der Waals surface area (Å²) >= 11 is 2.71. The van der Waals surface area contributed by atoms with Crippen LogP contribution in [0.25, 0.3) is 17.3 Å². The van der Waals surface area contributed by atoms with E-state index in [2.05, 4.69) is 25.9 Å². The van der Waals surface area contributed by atoms with Gasteiger partial charge in [0.15, 0.2) is 16.6 Å². The molecule has 0 saturated carbocycles. The van der Waals surface area contributed by atoms with Gasteiger partial charge in [0.25, 0.3) is 11.8 Å². The van der Waals surface area contributed by atoms with Crippen molar-refractivity contribution in [2.45, 2.75) is 23.5 Å². The molecule has 0 aliphatic heterocycles. The van der Waals surface area contributed by atoms with Gasteiger partial charge in [0.1, 0.15) is 5.70 Å². The average molecular weight is 680 g/mol. The molecule has 48 heavy (non-hydrogen) atoms. The van der Waals surface area contributed by atoms with Crippen LogP contribution in [0.5, 0.6) is 11.5 Å². The third-order valence-corrected chi connectivity index (χ3v) is 9.09. The van der Waals surface area contributed by atoms with Crippen LogP contribution in [0.3, 0.4) is 0 Å². The fourth-order valence-electron chi connectivity index (χ4n) is 4.55. The molecule has 2 aromatic heterocycles. The number of benzene rings is 3. The maximum absolute atomic E-state index is 13.5. The predicted octanol–water partition coefficient (Wildman–Crippen LogP) is 7.14. The van der Waals surface area contributed by atoms with Gasteiger partial charge in [0.05, 0.1) is 25.2 Å². The molecule has 0 aliphatic rings. The Hall–Kier alpha value is -5.46. The van der Waals surface area contributed by atoms with Crippen LogP contribution in [0.1, 0.15) is 29.3 Å². The molecule has 1 atom stereocenters. The van der Waals surface area contributed by atoms with Crippen molar-refractivity contribution in [3.8, 4) is 22.8 Å². The van der Waals surface area contributed by atoms with Crippen molar-refractivity contribution < 1.29 is 23.9 Å². The Bertz CT molecular complexity index is 1910. The van der Waals surface area contributed by atoms with Gasteiger partial charge in [-0.15, -0.1) is 23.1 Å². The largest absolute Gasteiger partial charge is 0.493 e. The zero-order valence-electron chi connectivity index (χ0n) is 26.4. The minimum absolute atomic E-state index is 0.0524. The second-order valence-corrected chi connectivity index (χ2v) is 12.4. The molecule has 1 unspecified atom stereocenters. The zero-order valence-corrected chi connectivity index (χ0v) is 28.1. The van der Waals surface area contributed by atoms with Crippen molar-refractivity contribution in [3.05, 3.63) is 120 Å². The molecule has 3 aromatic carbocycles. The third-order valence-electron chi connectivity index (χ3n) is 6.97. The standard InChI is InChI=1S/C36H33N5O5S2/c1-4-32(35(44)41-36-40-29(22-47-36)25-15-16-30(45-2)31(19-25)46-3)48-27-14-8-13-26(20-27)38-34(43)28(18-23-10-9-17-37-21-23)39-33(42)24-11-6-5-7-12-24/h5-22,32H,4H2,1-3H3,(H,38,43)(H,39,42)(H,40,41,44)/b28-18-. The second-order valence-electron chi connectivity index (χ2n) is 10.3. The molecule has 0 spiro atoms. The lowest BCUT2D eigenvalue weighted by Gasteiger charge is -2.15. The molecule has 0 fully saturated rings. The molecular formula is C36H33N5O5S2. The highest BCUT2D eigenvalue weighted by atomic mass is 32.2.